The molecule has 0 aliphatic rings. The first-order valence-corrected chi connectivity index (χ1v) is 5.93. The largest absolute Gasteiger partial charge is 0.478 e. The predicted octanol–water partition coefficient (Wildman–Crippen LogP) is 3.04. The molecule has 0 amide bonds. The Morgan fingerprint density at radius 1 is 1.16 bits per heavy atom. The van der Waals surface area contributed by atoms with Crippen LogP contribution in [0.2, 0.25) is 0 Å². The molecule has 0 radical (unpaired) electrons. The minimum Gasteiger partial charge on any atom is -0.478 e. The maximum Gasteiger partial charge on any atom is 0.337 e. The van der Waals surface area contributed by atoms with Crippen molar-refractivity contribution >= 4 is 23.0 Å². The quantitative estimate of drug-likeness (QED) is 0.828. The molecule has 0 heterocycles. The van der Waals surface area contributed by atoms with Crippen LogP contribution in [0.15, 0.2) is 42.5 Å². The summed E-state index contributed by atoms with van der Waals surface area (Å²) in [4.78, 5) is 13.1. The van der Waals surface area contributed by atoms with E-state index in [1.807, 2.05) is 43.1 Å². The molecule has 2 rings (SSSR count). The number of anilines is 3. The van der Waals surface area contributed by atoms with E-state index in [2.05, 4.69) is 0 Å². The lowest BCUT2D eigenvalue weighted by Gasteiger charge is -2.24. The Morgan fingerprint density at radius 2 is 1.84 bits per heavy atom. The number of para-hydroxylation sites is 2. The average Bonchev–Trinajstić information content (AvgIpc) is 2.38. The first-order valence-electron chi connectivity index (χ1n) is 5.93. The molecule has 0 aliphatic heterocycles. The van der Waals surface area contributed by atoms with Gasteiger partial charge in [-0.05, 0) is 30.7 Å². The Kier molecular flexibility index (Phi) is 3.42. The van der Waals surface area contributed by atoms with Crippen LogP contribution in [-0.4, -0.2) is 18.1 Å². The minimum atomic E-state index is -0.984. The van der Waals surface area contributed by atoms with Gasteiger partial charge in [-0.2, -0.15) is 0 Å². The van der Waals surface area contributed by atoms with Crippen molar-refractivity contribution in [3.63, 3.8) is 0 Å². The molecular weight excluding hydrogens is 240 g/mol. The van der Waals surface area contributed by atoms with E-state index in [0.717, 1.165) is 11.3 Å². The highest BCUT2D eigenvalue weighted by atomic mass is 16.4. The van der Waals surface area contributed by atoms with E-state index >= 15 is 0 Å². The number of aromatic carboxylic acids is 1. The van der Waals surface area contributed by atoms with Gasteiger partial charge in [-0.3, -0.25) is 0 Å². The molecule has 0 unspecified atom stereocenters. The number of hydrogen-bond acceptors (Lipinski definition) is 3. The average molecular weight is 256 g/mol. The van der Waals surface area contributed by atoms with Crippen LogP contribution < -0.4 is 10.6 Å². The summed E-state index contributed by atoms with van der Waals surface area (Å²) in [5.41, 5.74) is 9.10. The van der Waals surface area contributed by atoms with Crippen LogP contribution in [0.1, 0.15) is 15.9 Å². The molecule has 0 fully saturated rings. The van der Waals surface area contributed by atoms with E-state index in [4.69, 9.17) is 5.73 Å². The fourth-order valence-corrected chi connectivity index (χ4v) is 2.17. The molecule has 3 N–H and O–H groups in total. The molecule has 0 aromatic heterocycles. The summed E-state index contributed by atoms with van der Waals surface area (Å²) >= 11 is 0. The van der Waals surface area contributed by atoms with Crippen molar-refractivity contribution in [2.45, 2.75) is 6.92 Å². The number of aryl methyl sites for hydroxylation is 1. The van der Waals surface area contributed by atoms with Gasteiger partial charge in [-0.15, -0.1) is 0 Å². The summed E-state index contributed by atoms with van der Waals surface area (Å²) in [6, 6.07) is 12.7. The van der Waals surface area contributed by atoms with E-state index in [0.29, 0.717) is 11.4 Å². The van der Waals surface area contributed by atoms with Crippen molar-refractivity contribution in [2.75, 3.05) is 17.7 Å². The van der Waals surface area contributed by atoms with Crippen LogP contribution in [0, 0.1) is 6.92 Å². The number of nitrogens with zero attached hydrogens (tertiary/aromatic N) is 1. The Bertz CT molecular complexity index is 623. The lowest BCUT2D eigenvalue weighted by Crippen LogP contribution is -2.16. The number of carbonyl (C=O) groups is 1. The third-order valence-corrected chi connectivity index (χ3v) is 3.11. The molecule has 2 aromatic carbocycles. The number of hydrogen-bond donors (Lipinski definition) is 2. The highest BCUT2D eigenvalue weighted by Crippen LogP contribution is 2.33. The number of nitrogens with two attached hydrogens (primary N) is 1. The first-order chi connectivity index (χ1) is 9.02. The molecule has 0 atom stereocenters. The lowest BCUT2D eigenvalue weighted by atomic mass is 10.1. The fourth-order valence-electron chi connectivity index (χ4n) is 2.17. The predicted molar refractivity (Wildman–Crippen MR) is 77.1 cm³/mol. The second-order valence-electron chi connectivity index (χ2n) is 4.39. The normalized spacial score (nSPS) is 10.2. The second kappa shape index (κ2) is 5.02. The van der Waals surface area contributed by atoms with Crippen LogP contribution in [0.3, 0.4) is 0 Å². The van der Waals surface area contributed by atoms with Crippen LogP contribution in [0.25, 0.3) is 0 Å². The highest BCUT2D eigenvalue weighted by molar-refractivity contribution is 5.99. The van der Waals surface area contributed by atoms with E-state index < -0.39 is 5.97 Å². The van der Waals surface area contributed by atoms with Crippen LogP contribution in [-0.2, 0) is 0 Å². The summed E-state index contributed by atoms with van der Waals surface area (Å²) in [5, 5.41) is 9.27. The second-order valence-corrected chi connectivity index (χ2v) is 4.39. The van der Waals surface area contributed by atoms with Crippen LogP contribution >= 0.6 is 0 Å². The maximum atomic E-state index is 11.3. The molecule has 2 aromatic rings. The van der Waals surface area contributed by atoms with Crippen LogP contribution in [0.4, 0.5) is 17.1 Å². The van der Waals surface area contributed by atoms with Gasteiger partial charge in [0, 0.05) is 12.7 Å². The van der Waals surface area contributed by atoms with Crippen molar-refractivity contribution in [1.29, 1.82) is 0 Å². The van der Waals surface area contributed by atoms with Crippen molar-refractivity contribution in [3.8, 4) is 0 Å². The number of rotatable bonds is 3. The van der Waals surface area contributed by atoms with Gasteiger partial charge in [-0.25, -0.2) is 4.79 Å². The smallest absolute Gasteiger partial charge is 0.337 e. The van der Waals surface area contributed by atoms with Crippen molar-refractivity contribution in [1.82, 2.24) is 0 Å². The van der Waals surface area contributed by atoms with Gasteiger partial charge >= 0.3 is 5.97 Å². The SMILES string of the molecule is Cc1ccccc1N(C)c1c(N)cccc1C(=O)O. The molecule has 0 bridgehead atoms. The molecular formula is C15H16N2O2. The topological polar surface area (TPSA) is 66.6 Å². The van der Waals surface area contributed by atoms with Gasteiger partial charge in [0.25, 0.3) is 0 Å². The van der Waals surface area contributed by atoms with Gasteiger partial charge in [0.1, 0.15) is 0 Å². The highest BCUT2D eigenvalue weighted by Gasteiger charge is 2.18. The molecule has 0 aliphatic carbocycles. The maximum absolute atomic E-state index is 11.3. The van der Waals surface area contributed by atoms with Gasteiger partial charge in [-0.1, -0.05) is 24.3 Å². The molecule has 19 heavy (non-hydrogen) atoms. The molecule has 98 valence electrons. The van der Waals surface area contributed by atoms with E-state index in [-0.39, 0.29) is 5.56 Å². The van der Waals surface area contributed by atoms with Gasteiger partial charge < -0.3 is 15.7 Å². The molecule has 4 nitrogen and oxygen atoms in total. The van der Waals surface area contributed by atoms with E-state index in [1.54, 1.807) is 18.2 Å². The number of carboxylic acids is 1. The molecule has 0 saturated heterocycles. The Morgan fingerprint density at radius 3 is 2.47 bits per heavy atom. The van der Waals surface area contributed by atoms with E-state index in [1.165, 1.54) is 0 Å². The lowest BCUT2D eigenvalue weighted by molar-refractivity contribution is 0.0697. The Hall–Kier alpha value is -2.49. The summed E-state index contributed by atoms with van der Waals surface area (Å²) in [6.45, 7) is 1.98. The zero-order valence-corrected chi connectivity index (χ0v) is 10.9. The zero-order chi connectivity index (χ0) is 14.0. The standard InChI is InChI=1S/C15H16N2O2/c1-10-6-3-4-9-13(10)17(2)14-11(15(18)19)7-5-8-12(14)16/h3-9H,16H2,1-2H3,(H,18,19). The van der Waals surface area contributed by atoms with Crippen molar-refractivity contribution in [2.24, 2.45) is 0 Å². The van der Waals surface area contributed by atoms with Crippen molar-refractivity contribution in [3.05, 3.63) is 53.6 Å². The summed E-state index contributed by atoms with van der Waals surface area (Å²) in [6.07, 6.45) is 0. The zero-order valence-electron chi connectivity index (χ0n) is 10.9. The minimum absolute atomic E-state index is 0.200. The van der Waals surface area contributed by atoms with Gasteiger partial charge in [0.2, 0.25) is 0 Å². The van der Waals surface area contributed by atoms with Crippen LogP contribution in [0.5, 0.6) is 0 Å². The number of benzene rings is 2. The molecule has 0 saturated carbocycles. The van der Waals surface area contributed by atoms with E-state index in [9.17, 15) is 9.90 Å². The Balaban J connectivity index is 2.59. The summed E-state index contributed by atoms with van der Waals surface area (Å²) in [7, 11) is 1.82. The number of nitrogen functional groups attached to an aromatic ring is 1. The van der Waals surface area contributed by atoms with Gasteiger partial charge in [0.05, 0.1) is 16.9 Å². The van der Waals surface area contributed by atoms with Gasteiger partial charge in [0.15, 0.2) is 0 Å². The summed E-state index contributed by atoms with van der Waals surface area (Å²) < 4.78 is 0. The third-order valence-electron chi connectivity index (χ3n) is 3.11. The molecule has 0 spiro atoms. The van der Waals surface area contributed by atoms with Crippen molar-refractivity contribution < 1.29 is 9.90 Å². The fraction of sp³-hybridized carbons (Fsp3) is 0.133. The first kappa shape index (κ1) is 13.0. The Labute approximate surface area is 112 Å². The third kappa shape index (κ3) is 2.38. The summed E-state index contributed by atoms with van der Waals surface area (Å²) in [5.74, 6) is -0.984. The monoisotopic (exact) mass is 256 g/mol. The number of carboxylic acid groups (broad SMARTS) is 1. The molecule has 4 heteroatoms.